The molecule has 1 aliphatic heterocycles. The van der Waals surface area contributed by atoms with Crippen molar-refractivity contribution in [1.29, 1.82) is 0 Å². The highest BCUT2D eigenvalue weighted by Gasteiger charge is 2.29. The van der Waals surface area contributed by atoms with Gasteiger partial charge in [-0.2, -0.15) is 4.98 Å². The fourth-order valence-corrected chi connectivity index (χ4v) is 3.34. The topological polar surface area (TPSA) is 44.1 Å². The van der Waals surface area contributed by atoms with Crippen LogP contribution in [0.4, 0.5) is 0 Å². The molecule has 2 aromatic rings. The van der Waals surface area contributed by atoms with Gasteiger partial charge in [0, 0.05) is 22.7 Å². The number of hydrogen-bond acceptors (Lipinski definition) is 3. The average molecular weight is 306 g/mol. The Bertz CT molecular complexity index is 890. The van der Waals surface area contributed by atoms with Gasteiger partial charge in [-0.25, -0.2) is 4.79 Å². The molecule has 0 atom stereocenters. The van der Waals surface area contributed by atoms with Crippen molar-refractivity contribution in [2.24, 2.45) is 0 Å². The van der Waals surface area contributed by atoms with Gasteiger partial charge in [-0.3, -0.25) is 4.57 Å². The van der Waals surface area contributed by atoms with Crippen molar-refractivity contribution in [3.63, 3.8) is 0 Å². The molecule has 116 valence electrons. The third kappa shape index (κ3) is 2.13. The number of fused-ring (bicyclic) bond motifs is 3. The molecule has 0 fully saturated rings. The fraction of sp³-hybridized carbons (Fsp3) is 0.263. The van der Waals surface area contributed by atoms with Crippen LogP contribution in [0.1, 0.15) is 31.1 Å². The molecule has 23 heavy (non-hydrogen) atoms. The highest BCUT2D eigenvalue weighted by molar-refractivity contribution is 5.84. The molecule has 1 aromatic heterocycles. The van der Waals surface area contributed by atoms with E-state index in [4.69, 9.17) is 4.74 Å². The van der Waals surface area contributed by atoms with Crippen molar-refractivity contribution in [2.45, 2.75) is 26.3 Å². The van der Waals surface area contributed by atoms with Gasteiger partial charge in [0.15, 0.2) is 0 Å². The molecule has 4 rings (SSSR count). The fourth-order valence-electron chi connectivity index (χ4n) is 3.34. The van der Waals surface area contributed by atoms with Crippen LogP contribution < -0.4 is 5.69 Å². The van der Waals surface area contributed by atoms with Crippen molar-refractivity contribution in [3.8, 4) is 11.3 Å². The highest BCUT2D eigenvalue weighted by Crippen LogP contribution is 2.38. The normalized spacial score (nSPS) is 15.6. The maximum absolute atomic E-state index is 12.7. The molecule has 1 aliphatic carbocycles. The Labute approximate surface area is 134 Å². The van der Waals surface area contributed by atoms with Gasteiger partial charge in [0.1, 0.15) is 12.4 Å². The van der Waals surface area contributed by atoms with Crippen molar-refractivity contribution >= 4 is 5.57 Å². The molecule has 2 aliphatic rings. The Kier molecular flexibility index (Phi) is 3.18. The van der Waals surface area contributed by atoms with E-state index >= 15 is 0 Å². The molecule has 1 aromatic carbocycles. The molecule has 0 saturated heterocycles. The maximum Gasteiger partial charge on any atom is 0.348 e. The summed E-state index contributed by atoms with van der Waals surface area (Å²) in [6, 6.07) is 9.96. The molecule has 4 heteroatoms. The predicted octanol–water partition coefficient (Wildman–Crippen LogP) is 3.34. The number of hydrogen-bond donors (Lipinski definition) is 0. The van der Waals surface area contributed by atoms with E-state index in [9.17, 15) is 4.79 Å². The van der Waals surface area contributed by atoms with Gasteiger partial charge in [-0.05, 0) is 32.4 Å². The first kappa shape index (κ1) is 14.0. The van der Waals surface area contributed by atoms with E-state index in [2.05, 4.69) is 17.1 Å². The van der Waals surface area contributed by atoms with Crippen LogP contribution in [0, 0.1) is 0 Å². The minimum Gasteiger partial charge on any atom is -0.489 e. The molecule has 0 unspecified atom stereocenters. The zero-order valence-corrected chi connectivity index (χ0v) is 13.2. The van der Waals surface area contributed by atoms with E-state index in [-0.39, 0.29) is 11.7 Å². The quantitative estimate of drug-likeness (QED) is 0.854. The number of allylic oxidation sites excluding steroid dienone is 2. The third-order valence-electron chi connectivity index (χ3n) is 4.33. The first-order chi connectivity index (χ1) is 11.2. The zero-order chi connectivity index (χ0) is 16.0. The van der Waals surface area contributed by atoms with Gasteiger partial charge in [-0.1, -0.05) is 30.3 Å². The summed E-state index contributed by atoms with van der Waals surface area (Å²) in [5, 5.41) is 0. The van der Waals surface area contributed by atoms with Gasteiger partial charge in [0.05, 0.1) is 11.4 Å². The molecule has 0 radical (unpaired) electrons. The lowest BCUT2D eigenvalue weighted by molar-refractivity contribution is 0.278. The van der Waals surface area contributed by atoms with Crippen LogP contribution in [-0.4, -0.2) is 16.2 Å². The smallest absolute Gasteiger partial charge is 0.348 e. The molecular formula is C19H18N2O2. The van der Waals surface area contributed by atoms with E-state index in [0.29, 0.717) is 6.61 Å². The van der Waals surface area contributed by atoms with Crippen molar-refractivity contribution in [3.05, 3.63) is 70.0 Å². The van der Waals surface area contributed by atoms with Crippen molar-refractivity contribution in [1.82, 2.24) is 9.55 Å². The summed E-state index contributed by atoms with van der Waals surface area (Å²) in [6.07, 6.45) is 4.87. The highest BCUT2D eigenvalue weighted by atomic mass is 16.5. The molecule has 0 amide bonds. The Morgan fingerprint density at radius 2 is 1.96 bits per heavy atom. The summed E-state index contributed by atoms with van der Waals surface area (Å²) in [7, 11) is 0. The summed E-state index contributed by atoms with van der Waals surface area (Å²) in [5.41, 5.74) is 4.65. The minimum absolute atomic E-state index is 0.0504. The van der Waals surface area contributed by atoms with E-state index in [1.165, 1.54) is 0 Å². The van der Waals surface area contributed by atoms with Crippen molar-refractivity contribution < 1.29 is 4.74 Å². The zero-order valence-electron chi connectivity index (χ0n) is 13.2. The largest absolute Gasteiger partial charge is 0.489 e. The number of rotatable bonds is 2. The first-order valence-corrected chi connectivity index (χ1v) is 7.91. The van der Waals surface area contributed by atoms with Crippen LogP contribution in [0.2, 0.25) is 0 Å². The number of nitrogens with zero attached hydrogens (tertiary/aromatic N) is 2. The Morgan fingerprint density at radius 3 is 2.70 bits per heavy atom. The van der Waals surface area contributed by atoms with E-state index in [0.717, 1.165) is 40.3 Å². The van der Waals surface area contributed by atoms with Crippen LogP contribution in [0.15, 0.2) is 53.0 Å². The monoisotopic (exact) mass is 306 g/mol. The summed E-state index contributed by atoms with van der Waals surface area (Å²) < 4.78 is 7.45. The molecular weight excluding hydrogens is 288 g/mol. The number of aromatic nitrogens is 2. The van der Waals surface area contributed by atoms with E-state index < -0.39 is 0 Å². The Balaban J connectivity index is 2.06. The summed E-state index contributed by atoms with van der Waals surface area (Å²) in [4.78, 5) is 17.1. The van der Waals surface area contributed by atoms with Crippen LogP contribution in [0.3, 0.4) is 0 Å². The second-order valence-electron chi connectivity index (χ2n) is 6.10. The number of benzene rings is 1. The van der Waals surface area contributed by atoms with Crippen LogP contribution in [0.25, 0.3) is 16.8 Å². The lowest BCUT2D eigenvalue weighted by Gasteiger charge is -2.25. The Morgan fingerprint density at radius 1 is 1.17 bits per heavy atom. The van der Waals surface area contributed by atoms with Crippen LogP contribution in [0.5, 0.6) is 0 Å². The van der Waals surface area contributed by atoms with Gasteiger partial charge >= 0.3 is 5.69 Å². The van der Waals surface area contributed by atoms with Crippen molar-refractivity contribution in [2.75, 3.05) is 6.61 Å². The molecule has 0 bridgehead atoms. The molecule has 0 N–H and O–H groups in total. The predicted molar refractivity (Wildman–Crippen MR) is 90.0 cm³/mol. The second-order valence-corrected chi connectivity index (χ2v) is 6.10. The minimum atomic E-state index is -0.202. The maximum atomic E-state index is 12.7. The lowest BCUT2D eigenvalue weighted by atomic mass is 9.92. The third-order valence-corrected chi connectivity index (χ3v) is 4.33. The summed E-state index contributed by atoms with van der Waals surface area (Å²) >= 11 is 0. The van der Waals surface area contributed by atoms with Gasteiger partial charge in [0.2, 0.25) is 0 Å². The molecule has 2 heterocycles. The Hall–Kier alpha value is -2.62. The second kappa shape index (κ2) is 5.23. The van der Waals surface area contributed by atoms with Gasteiger partial charge in [0.25, 0.3) is 0 Å². The van der Waals surface area contributed by atoms with E-state index in [1.54, 1.807) is 4.57 Å². The van der Waals surface area contributed by atoms with Crippen LogP contribution in [-0.2, 0) is 11.2 Å². The first-order valence-electron chi connectivity index (χ1n) is 7.91. The lowest BCUT2D eigenvalue weighted by Crippen LogP contribution is -2.30. The summed E-state index contributed by atoms with van der Waals surface area (Å²) in [5.74, 6) is 0.886. The summed E-state index contributed by atoms with van der Waals surface area (Å²) in [6.45, 7) is 4.59. The average Bonchev–Trinajstić information content (AvgIpc) is 3.03. The van der Waals surface area contributed by atoms with E-state index in [1.807, 2.05) is 44.2 Å². The molecule has 0 spiro atoms. The number of ether oxygens (including phenoxy) is 1. The van der Waals surface area contributed by atoms with Gasteiger partial charge in [-0.15, -0.1) is 0 Å². The SMILES string of the molecule is CC(C)n1c2c(c(-c3ccccc3)nc1=O)CC=C1OCC=C12. The molecule has 0 saturated carbocycles. The van der Waals surface area contributed by atoms with Crippen LogP contribution >= 0.6 is 0 Å². The molecule has 4 nitrogen and oxygen atoms in total. The van der Waals surface area contributed by atoms with Gasteiger partial charge < -0.3 is 4.74 Å². The standard InChI is InChI=1S/C19H18N2O2/c1-12(2)21-18-14-10-11-23-16(14)9-8-15(18)17(20-19(21)22)13-6-4-3-5-7-13/h3-7,9-10,12H,8,11H2,1-2H3.